The van der Waals surface area contributed by atoms with Crippen molar-refractivity contribution in [3.63, 3.8) is 0 Å². The van der Waals surface area contributed by atoms with E-state index in [1.807, 2.05) is 0 Å². The summed E-state index contributed by atoms with van der Waals surface area (Å²) in [6, 6.07) is 6.63. The molecule has 120 valence electrons. The van der Waals surface area contributed by atoms with Crippen molar-refractivity contribution < 1.29 is 23.9 Å². The zero-order valence-corrected chi connectivity index (χ0v) is 13.3. The summed E-state index contributed by atoms with van der Waals surface area (Å²) in [5.41, 5.74) is 1.76. The van der Waals surface area contributed by atoms with E-state index < -0.39 is 18.0 Å². The van der Waals surface area contributed by atoms with Crippen molar-refractivity contribution in [3.8, 4) is 0 Å². The van der Waals surface area contributed by atoms with Crippen LogP contribution in [0.15, 0.2) is 47.7 Å². The molecule has 0 saturated carbocycles. The zero-order chi connectivity index (χ0) is 17.1. The van der Waals surface area contributed by atoms with Crippen molar-refractivity contribution in [2.75, 3.05) is 0 Å². The summed E-state index contributed by atoms with van der Waals surface area (Å²) in [7, 11) is 0. The molecule has 1 aliphatic heterocycles. The number of hydrogen-bond donors (Lipinski definition) is 0. The number of Topliss-reactive ketones (excluding diaryl/α,β-unsaturated/α-hetero) is 1. The van der Waals surface area contributed by atoms with Crippen LogP contribution in [0.2, 0.25) is 0 Å². The van der Waals surface area contributed by atoms with E-state index in [0.717, 1.165) is 0 Å². The number of esters is 2. The van der Waals surface area contributed by atoms with Gasteiger partial charge >= 0.3 is 11.9 Å². The van der Waals surface area contributed by atoms with E-state index in [4.69, 9.17) is 9.47 Å². The van der Waals surface area contributed by atoms with E-state index in [1.165, 1.54) is 0 Å². The minimum Gasteiger partial charge on any atom is -0.452 e. The summed E-state index contributed by atoms with van der Waals surface area (Å²) in [6.45, 7) is 8.60. The predicted octanol–water partition coefficient (Wildman–Crippen LogP) is 2.75. The number of allylic oxidation sites excluding steroid dienone is 1. The Labute approximate surface area is 134 Å². The molecule has 5 heteroatoms. The van der Waals surface area contributed by atoms with Crippen molar-refractivity contribution >= 4 is 17.7 Å². The van der Waals surface area contributed by atoms with Crippen LogP contribution in [0.5, 0.6) is 0 Å². The Balaban J connectivity index is 2.25. The highest BCUT2D eigenvalue weighted by Crippen LogP contribution is 2.24. The fourth-order valence-electron chi connectivity index (χ4n) is 2.12. The average Bonchev–Trinajstić information content (AvgIpc) is 2.74. The molecule has 1 aromatic rings. The maximum Gasteiger partial charge on any atom is 0.375 e. The fraction of sp³-hybridized carbons (Fsp3) is 0.278. The van der Waals surface area contributed by atoms with Gasteiger partial charge in [0.2, 0.25) is 5.76 Å². The first kappa shape index (κ1) is 16.7. The molecular weight excluding hydrogens is 296 g/mol. The number of ketones is 1. The van der Waals surface area contributed by atoms with Gasteiger partial charge in [-0.25, -0.2) is 9.59 Å². The first-order valence-electron chi connectivity index (χ1n) is 7.21. The molecule has 1 atom stereocenters. The smallest absolute Gasteiger partial charge is 0.375 e. The van der Waals surface area contributed by atoms with Gasteiger partial charge in [-0.3, -0.25) is 4.79 Å². The van der Waals surface area contributed by atoms with Gasteiger partial charge in [0.05, 0.1) is 5.56 Å². The van der Waals surface area contributed by atoms with Gasteiger partial charge in [0.25, 0.3) is 0 Å². The highest BCUT2D eigenvalue weighted by Gasteiger charge is 2.32. The van der Waals surface area contributed by atoms with Crippen LogP contribution >= 0.6 is 0 Å². The maximum atomic E-state index is 12.4. The van der Waals surface area contributed by atoms with E-state index in [9.17, 15) is 14.4 Å². The Morgan fingerprint density at radius 1 is 1.30 bits per heavy atom. The molecular formula is C18H18O5. The molecule has 1 heterocycles. The topological polar surface area (TPSA) is 69.7 Å². The molecule has 0 bridgehead atoms. The summed E-state index contributed by atoms with van der Waals surface area (Å²) >= 11 is 0. The molecule has 1 aromatic carbocycles. The zero-order valence-electron chi connectivity index (χ0n) is 13.3. The summed E-state index contributed by atoms with van der Waals surface area (Å²) < 4.78 is 10.2. The molecule has 0 fully saturated rings. The van der Waals surface area contributed by atoms with Gasteiger partial charge in [-0.05, 0) is 38.0 Å². The number of carbonyl (C=O) groups is 3. The van der Waals surface area contributed by atoms with E-state index >= 15 is 0 Å². The Kier molecular flexibility index (Phi) is 4.79. The molecule has 1 aliphatic rings. The largest absolute Gasteiger partial charge is 0.452 e. The van der Waals surface area contributed by atoms with Gasteiger partial charge in [0.1, 0.15) is 6.10 Å². The van der Waals surface area contributed by atoms with Gasteiger partial charge < -0.3 is 9.47 Å². The quantitative estimate of drug-likeness (QED) is 0.617. The normalized spacial score (nSPS) is 17.0. The molecule has 0 aliphatic carbocycles. The van der Waals surface area contributed by atoms with Crippen LogP contribution in [0.3, 0.4) is 0 Å². The van der Waals surface area contributed by atoms with Crippen molar-refractivity contribution in [2.24, 2.45) is 0 Å². The highest BCUT2D eigenvalue weighted by molar-refractivity contribution is 6.00. The fourth-order valence-corrected chi connectivity index (χ4v) is 2.12. The second kappa shape index (κ2) is 6.60. The Morgan fingerprint density at radius 3 is 2.52 bits per heavy atom. The van der Waals surface area contributed by atoms with Gasteiger partial charge in [0, 0.05) is 12.0 Å². The number of hydrogen-bond acceptors (Lipinski definition) is 5. The van der Waals surface area contributed by atoms with E-state index in [2.05, 4.69) is 6.58 Å². The third kappa shape index (κ3) is 3.56. The summed E-state index contributed by atoms with van der Waals surface area (Å²) in [4.78, 5) is 35.9. The van der Waals surface area contributed by atoms with Crippen LogP contribution in [-0.4, -0.2) is 23.8 Å². The van der Waals surface area contributed by atoms with Crippen molar-refractivity contribution in [2.45, 2.75) is 33.3 Å². The highest BCUT2D eigenvalue weighted by atomic mass is 16.6. The monoisotopic (exact) mass is 314 g/mol. The first-order valence-corrected chi connectivity index (χ1v) is 7.21. The molecule has 1 unspecified atom stereocenters. The molecule has 23 heavy (non-hydrogen) atoms. The SMILES string of the molecule is C=C(C)C(=O)Cc1ccccc1C(=O)OC1=C(C)C(C)OC1=O. The Bertz CT molecular complexity index is 727. The predicted molar refractivity (Wildman–Crippen MR) is 83.6 cm³/mol. The third-order valence-corrected chi connectivity index (χ3v) is 3.70. The molecule has 0 radical (unpaired) electrons. The lowest BCUT2D eigenvalue weighted by Crippen LogP contribution is -2.14. The number of ether oxygens (including phenoxy) is 2. The summed E-state index contributed by atoms with van der Waals surface area (Å²) in [6.07, 6.45) is -0.356. The van der Waals surface area contributed by atoms with Crippen LogP contribution in [0.25, 0.3) is 0 Å². The molecule has 0 N–H and O–H groups in total. The van der Waals surface area contributed by atoms with Crippen LogP contribution in [0.1, 0.15) is 36.7 Å². The van der Waals surface area contributed by atoms with Crippen molar-refractivity contribution in [3.05, 3.63) is 58.9 Å². The lowest BCUT2D eigenvalue weighted by molar-refractivity contribution is -0.141. The maximum absolute atomic E-state index is 12.4. The second-order valence-corrected chi connectivity index (χ2v) is 5.49. The number of cyclic esters (lactones) is 1. The van der Waals surface area contributed by atoms with Gasteiger partial charge in [0.15, 0.2) is 5.78 Å². The Morgan fingerprint density at radius 2 is 1.96 bits per heavy atom. The summed E-state index contributed by atoms with van der Waals surface area (Å²) in [5.74, 6) is -1.58. The number of rotatable bonds is 5. The van der Waals surface area contributed by atoms with Crippen LogP contribution in [0.4, 0.5) is 0 Å². The van der Waals surface area contributed by atoms with E-state index in [0.29, 0.717) is 16.7 Å². The average molecular weight is 314 g/mol. The van der Waals surface area contributed by atoms with Gasteiger partial charge in [-0.1, -0.05) is 24.8 Å². The van der Waals surface area contributed by atoms with Crippen LogP contribution < -0.4 is 0 Å². The first-order chi connectivity index (χ1) is 10.8. The third-order valence-electron chi connectivity index (χ3n) is 3.70. The lowest BCUT2D eigenvalue weighted by atomic mass is 10.00. The Hall–Kier alpha value is -2.69. The molecule has 5 nitrogen and oxygen atoms in total. The second-order valence-electron chi connectivity index (χ2n) is 5.49. The number of benzene rings is 1. The van der Waals surface area contributed by atoms with Crippen molar-refractivity contribution in [1.29, 1.82) is 0 Å². The molecule has 0 saturated heterocycles. The number of carbonyl (C=O) groups excluding carboxylic acids is 3. The molecule has 2 rings (SSSR count). The standard InChI is InChI=1S/C18H18O5/c1-10(2)15(19)9-13-7-5-6-8-14(13)17(20)23-16-11(3)12(4)22-18(16)21/h5-8,12H,1,9H2,2-4H3. The van der Waals surface area contributed by atoms with Crippen molar-refractivity contribution in [1.82, 2.24) is 0 Å². The van der Waals surface area contributed by atoms with E-state index in [1.54, 1.807) is 45.0 Å². The molecule has 0 spiro atoms. The van der Waals surface area contributed by atoms with Crippen LogP contribution in [0, 0.1) is 0 Å². The van der Waals surface area contributed by atoms with E-state index in [-0.39, 0.29) is 23.5 Å². The molecule has 0 aromatic heterocycles. The lowest BCUT2D eigenvalue weighted by Gasteiger charge is -2.09. The minimum atomic E-state index is -0.685. The summed E-state index contributed by atoms with van der Waals surface area (Å²) in [5, 5.41) is 0. The van der Waals surface area contributed by atoms with Gasteiger partial charge in [-0.15, -0.1) is 0 Å². The molecule has 0 amide bonds. The minimum absolute atomic E-state index is 0.0550. The van der Waals surface area contributed by atoms with Gasteiger partial charge in [-0.2, -0.15) is 0 Å². The van der Waals surface area contributed by atoms with Crippen LogP contribution in [-0.2, 0) is 25.5 Å².